The molecule has 1 amide bonds. The lowest BCUT2D eigenvalue weighted by atomic mass is 10.1. The molecule has 0 atom stereocenters. The van der Waals surface area contributed by atoms with Gasteiger partial charge < -0.3 is 14.8 Å². The molecule has 0 fully saturated rings. The molecular formula is C19H24N2O5S. The van der Waals surface area contributed by atoms with E-state index < -0.39 is 15.9 Å². The van der Waals surface area contributed by atoms with Crippen molar-refractivity contribution < 1.29 is 22.7 Å². The predicted octanol–water partition coefficient (Wildman–Crippen LogP) is 1.73. The zero-order chi connectivity index (χ0) is 19.7. The molecule has 0 radical (unpaired) electrons. The van der Waals surface area contributed by atoms with Crippen LogP contribution < -0.4 is 19.5 Å². The van der Waals surface area contributed by atoms with Crippen LogP contribution in [0, 0.1) is 0 Å². The second-order valence-corrected chi connectivity index (χ2v) is 7.41. The molecule has 2 rings (SSSR count). The van der Waals surface area contributed by atoms with Crippen molar-refractivity contribution in [3.05, 3.63) is 54.1 Å². The number of carbonyl (C=O) groups excluding carboxylic acids is 1. The molecule has 0 aliphatic heterocycles. The van der Waals surface area contributed by atoms with Crippen molar-refractivity contribution in [2.24, 2.45) is 0 Å². The Hall–Kier alpha value is -2.58. The zero-order valence-electron chi connectivity index (χ0n) is 15.4. The minimum Gasteiger partial charge on any atom is -0.496 e. The lowest BCUT2D eigenvalue weighted by Crippen LogP contribution is -2.37. The summed E-state index contributed by atoms with van der Waals surface area (Å²) in [7, 11) is -2.17. The monoisotopic (exact) mass is 392 g/mol. The van der Waals surface area contributed by atoms with Gasteiger partial charge in [0.15, 0.2) is 0 Å². The van der Waals surface area contributed by atoms with Gasteiger partial charge in [0.2, 0.25) is 15.9 Å². The Balaban J connectivity index is 1.81. The van der Waals surface area contributed by atoms with E-state index >= 15 is 0 Å². The maximum atomic E-state index is 12.2. The van der Waals surface area contributed by atoms with Crippen molar-refractivity contribution in [3.8, 4) is 11.5 Å². The van der Waals surface area contributed by atoms with Crippen molar-refractivity contribution in [2.75, 3.05) is 26.8 Å². The number of methoxy groups -OCH3 is 1. The van der Waals surface area contributed by atoms with Gasteiger partial charge in [0.25, 0.3) is 0 Å². The SMILES string of the molecule is CCOc1ccc(S(=O)(=O)NCC(=O)NCCc2ccccc2OC)cc1. The van der Waals surface area contributed by atoms with Crippen LogP contribution in [0.3, 0.4) is 0 Å². The molecule has 0 unspecified atom stereocenters. The third-order valence-electron chi connectivity index (χ3n) is 3.78. The molecule has 8 heteroatoms. The van der Waals surface area contributed by atoms with Gasteiger partial charge >= 0.3 is 0 Å². The molecule has 0 bridgehead atoms. The van der Waals surface area contributed by atoms with Gasteiger partial charge in [-0.2, -0.15) is 0 Å². The maximum Gasteiger partial charge on any atom is 0.241 e. The van der Waals surface area contributed by atoms with E-state index in [1.165, 1.54) is 12.1 Å². The number of carbonyl (C=O) groups is 1. The topological polar surface area (TPSA) is 93.7 Å². The molecule has 2 aromatic carbocycles. The summed E-state index contributed by atoms with van der Waals surface area (Å²) in [6.45, 7) is 2.39. The summed E-state index contributed by atoms with van der Waals surface area (Å²) >= 11 is 0. The summed E-state index contributed by atoms with van der Waals surface area (Å²) in [5, 5.41) is 2.69. The summed E-state index contributed by atoms with van der Waals surface area (Å²) in [5.41, 5.74) is 0.968. The van der Waals surface area contributed by atoms with Crippen molar-refractivity contribution in [3.63, 3.8) is 0 Å². The Kier molecular flexibility index (Phi) is 7.63. The van der Waals surface area contributed by atoms with Crippen molar-refractivity contribution in [2.45, 2.75) is 18.2 Å². The van der Waals surface area contributed by atoms with E-state index in [2.05, 4.69) is 10.0 Å². The molecule has 0 heterocycles. The molecule has 0 spiro atoms. The normalized spacial score (nSPS) is 11.0. The Bertz CT molecular complexity index is 851. The minimum atomic E-state index is -3.76. The van der Waals surface area contributed by atoms with E-state index in [0.29, 0.717) is 25.3 Å². The number of hydrogen-bond donors (Lipinski definition) is 2. The van der Waals surface area contributed by atoms with Gasteiger partial charge in [0.05, 0.1) is 25.2 Å². The Morgan fingerprint density at radius 3 is 2.44 bits per heavy atom. The lowest BCUT2D eigenvalue weighted by molar-refractivity contribution is -0.119. The molecule has 2 aromatic rings. The highest BCUT2D eigenvalue weighted by molar-refractivity contribution is 7.89. The third kappa shape index (κ3) is 6.26. The smallest absolute Gasteiger partial charge is 0.241 e. The van der Waals surface area contributed by atoms with Crippen molar-refractivity contribution >= 4 is 15.9 Å². The van der Waals surface area contributed by atoms with Gasteiger partial charge in [0, 0.05) is 6.54 Å². The number of amides is 1. The summed E-state index contributed by atoms with van der Waals surface area (Å²) in [6, 6.07) is 13.6. The molecule has 0 saturated carbocycles. The number of para-hydroxylation sites is 1. The quantitative estimate of drug-likeness (QED) is 0.642. The zero-order valence-corrected chi connectivity index (χ0v) is 16.2. The second kappa shape index (κ2) is 9.94. The standard InChI is InChI=1S/C19H24N2O5S/c1-3-26-16-8-10-17(11-9-16)27(23,24)21-14-19(22)20-13-12-15-6-4-5-7-18(15)25-2/h4-11,21H,3,12-14H2,1-2H3,(H,20,22). The second-order valence-electron chi connectivity index (χ2n) is 5.64. The van der Waals surface area contributed by atoms with E-state index in [1.54, 1.807) is 19.2 Å². The highest BCUT2D eigenvalue weighted by Gasteiger charge is 2.15. The fourth-order valence-corrected chi connectivity index (χ4v) is 3.42. The summed E-state index contributed by atoms with van der Waals surface area (Å²) < 4.78 is 37.3. The first-order valence-corrected chi connectivity index (χ1v) is 10.1. The van der Waals surface area contributed by atoms with Crippen molar-refractivity contribution in [1.29, 1.82) is 0 Å². The number of ether oxygens (including phenoxy) is 2. The van der Waals surface area contributed by atoms with Gasteiger partial charge in [-0.1, -0.05) is 18.2 Å². The van der Waals surface area contributed by atoms with Crippen LogP contribution >= 0.6 is 0 Å². The van der Waals surface area contributed by atoms with Crippen LogP contribution in [-0.4, -0.2) is 41.1 Å². The molecule has 0 saturated heterocycles. The summed E-state index contributed by atoms with van der Waals surface area (Å²) in [5.74, 6) is 0.938. The number of hydrogen-bond acceptors (Lipinski definition) is 5. The molecule has 146 valence electrons. The first-order valence-electron chi connectivity index (χ1n) is 8.57. The molecule has 0 aliphatic carbocycles. The lowest BCUT2D eigenvalue weighted by Gasteiger charge is -2.10. The molecule has 0 aromatic heterocycles. The van der Waals surface area contributed by atoms with E-state index in [-0.39, 0.29) is 11.4 Å². The van der Waals surface area contributed by atoms with Crippen LogP contribution in [0.2, 0.25) is 0 Å². The first kappa shape index (κ1) is 20.7. The Morgan fingerprint density at radius 1 is 1.07 bits per heavy atom. The van der Waals surface area contributed by atoms with Gasteiger partial charge in [0.1, 0.15) is 11.5 Å². The van der Waals surface area contributed by atoms with Crippen LogP contribution in [0.15, 0.2) is 53.4 Å². The molecule has 2 N–H and O–H groups in total. The average molecular weight is 392 g/mol. The fourth-order valence-electron chi connectivity index (χ4n) is 2.43. The van der Waals surface area contributed by atoms with E-state index in [1.807, 2.05) is 31.2 Å². The van der Waals surface area contributed by atoms with Gasteiger partial charge in [-0.25, -0.2) is 13.1 Å². The van der Waals surface area contributed by atoms with E-state index in [0.717, 1.165) is 11.3 Å². The van der Waals surface area contributed by atoms with Crippen LogP contribution in [0.1, 0.15) is 12.5 Å². The summed E-state index contributed by atoms with van der Waals surface area (Å²) in [6.07, 6.45) is 0.585. The number of sulfonamides is 1. The van der Waals surface area contributed by atoms with Crippen LogP contribution in [0.4, 0.5) is 0 Å². The molecule has 27 heavy (non-hydrogen) atoms. The van der Waals surface area contributed by atoms with Gasteiger partial charge in [-0.15, -0.1) is 0 Å². The predicted molar refractivity (Wildman–Crippen MR) is 103 cm³/mol. The van der Waals surface area contributed by atoms with Crippen molar-refractivity contribution in [1.82, 2.24) is 10.0 Å². The molecule has 7 nitrogen and oxygen atoms in total. The number of benzene rings is 2. The largest absolute Gasteiger partial charge is 0.496 e. The fraction of sp³-hybridized carbons (Fsp3) is 0.316. The van der Waals surface area contributed by atoms with Gasteiger partial charge in [-0.05, 0) is 49.2 Å². The van der Waals surface area contributed by atoms with Gasteiger partial charge in [-0.3, -0.25) is 4.79 Å². The van der Waals surface area contributed by atoms with Crippen LogP contribution in [0.5, 0.6) is 11.5 Å². The number of rotatable bonds is 10. The summed E-state index contributed by atoms with van der Waals surface area (Å²) in [4.78, 5) is 12.0. The Morgan fingerprint density at radius 2 is 1.78 bits per heavy atom. The average Bonchev–Trinajstić information content (AvgIpc) is 2.67. The molecular weight excluding hydrogens is 368 g/mol. The molecule has 0 aliphatic rings. The maximum absolute atomic E-state index is 12.2. The number of nitrogens with one attached hydrogen (secondary N) is 2. The third-order valence-corrected chi connectivity index (χ3v) is 5.19. The highest BCUT2D eigenvalue weighted by atomic mass is 32.2. The Labute approximate surface area is 159 Å². The highest BCUT2D eigenvalue weighted by Crippen LogP contribution is 2.17. The van der Waals surface area contributed by atoms with E-state index in [4.69, 9.17) is 9.47 Å². The van der Waals surface area contributed by atoms with E-state index in [9.17, 15) is 13.2 Å². The van der Waals surface area contributed by atoms with Crippen LogP contribution in [-0.2, 0) is 21.2 Å². The minimum absolute atomic E-state index is 0.0766. The van der Waals surface area contributed by atoms with Crippen LogP contribution in [0.25, 0.3) is 0 Å². The first-order chi connectivity index (χ1) is 13.0.